The van der Waals surface area contributed by atoms with Gasteiger partial charge in [-0.05, 0) is 26.2 Å². The predicted octanol–water partition coefficient (Wildman–Crippen LogP) is -0.0746. The lowest BCUT2D eigenvalue weighted by molar-refractivity contribution is -0.120. The maximum Gasteiger partial charge on any atom is 0.235 e. The molecule has 1 rings (SSSR count). The van der Waals surface area contributed by atoms with Crippen LogP contribution in [-0.4, -0.2) is 44.5 Å². The molecule has 0 radical (unpaired) electrons. The van der Waals surface area contributed by atoms with Crippen LogP contribution < -0.4 is 10.6 Å². The van der Waals surface area contributed by atoms with E-state index in [9.17, 15) is 13.2 Å². The third-order valence-corrected chi connectivity index (χ3v) is 4.75. The van der Waals surface area contributed by atoms with Crippen molar-refractivity contribution in [1.82, 2.24) is 10.6 Å². The van der Waals surface area contributed by atoms with Crippen molar-refractivity contribution in [2.45, 2.75) is 32.7 Å². The Morgan fingerprint density at radius 1 is 1.41 bits per heavy atom. The molecule has 1 aliphatic heterocycles. The minimum atomic E-state index is -3.27. The molecular formula is C11H22N2O3S. The van der Waals surface area contributed by atoms with Crippen LogP contribution in [0.2, 0.25) is 0 Å². The molecule has 1 saturated heterocycles. The van der Waals surface area contributed by atoms with E-state index in [-0.39, 0.29) is 17.2 Å². The fraction of sp³-hybridized carbons (Fsp3) is 0.909. The highest BCUT2D eigenvalue weighted by molar-refractivity contribution is 7.92. The Morgan fingerprint density at radius 3 is 2.41 bits per heavy atom. The summed E-state index contributed by atoms with van der Waals surface area (Å²) >= 11 is 0. The third kappa shape index (κ3) is 5.04. The van der Waals surface area contributed by atoms with Crippen LogP contribution in [0.25, 0.3) is 0 Å². The third-order valence-electron chi connectivity index (χ3n) is 3.07. The quantitative estimate of drug-likeness (QED) is 0.702. The molecule has 1 aliphatic rings. The van der Waals surface area contributed by atoms with Crippen LogP contribution in [0.4, 0.5) is 0 Å². The largest absolute Gasteiger partial charge is 0.350 e. The van der Waals surface area contributed by atoms with Crippen molar-refractivity contribution < 1.29 is 13.2 Å². The molecule has 0 aromatic rings. The first-order valence-electron chi connectivity index (χ1n) is 5.96. The molecule has 1 amide bonds. The zero-order valence-electron chi connectivity index (χ0n) is 10.7. The van der Waals surface area contributed by atoms with Crippen LogP contribution in [0, 0.1) is 5.92 Å². The van der Waals surface area contributed by atoms with Gasteiger partial charge < -0.3 is 10.6 Å². The first kappa shape index (κ1) is 14.4. The molecular weight excluding hydrogens is 240 g/mol. The maximum absolute atomic E-state index is 11.7. The Labute approximate surface area is 103 Å². The first-order valence-corrected chi connectivity index (χ1v) is 7.78. The summed E-state index contributed by atoms with van der Waals surface area (Å²) in [5.41, 5.74) is -0.343. The minimum Gasteiger partial charge on any atom is -0.350 e. The average Bonchev–Trinajstić information content (AvgIpc) is 2.10. The summed E-state index contributed by atoms with van der Waals surface area (Å²) in [5.74, 6) is -0.511. The van der Waals surface area contributed by atoms with Gasteiger partial charge in [0.05, 0.1) is 5.75 Å². The Bertz CT molecular complexity index is 372. The van der Waals surface area contributed by atoms with E-state index in [4.69, 9.17) is 0 Å². The van der Waals surface area contributed by atoms with E-state index in [2.05, 4.69) is 10.6 Å². The van der Waals surface area contributed by atoms with Gasteiger partial charge in [0, 0.05) is 18.6 Å². The van der Waals surface area contributed by atoms with Gasteiger partial charge in [0.15, 0.2) is 9.84 Å². The van der Waals surface area contributed by atoms with Gasteiger partial charge in [-0.2, -0.15) is 0 Å². The lowest BCUT2D eigenvalue weighted by Crippen LogP contribution is -2.48. The molecule has 17 heavy (non-hydrogen) atoms. The molecule has 0 spiro atoms. The lowest BCUT2D eigenvalue weighted by atomic mass is 10.0. The predicted molar refractivity (Wildman–Crippen MR) is 67.5 cm³/mol. The van der Waals surface area contributed by atoms with Crippen molar-refractivity contribution in [3.05, 3.63) is 0 Å². The number of carbonyl (C=O) groups is 1. The molecule has 0 atom stereocenters. The summed E-state index contributed by atoms with van der Waals surface area (Å²) in [4.78, 5) is 11.6. The molecule has 5 nitrogen and oxygen atoms in total. The number of amides is 1. The van der Waals surface area contributed by atoms with E-state index in [1.165, 1.54) is 0 Å². The Kier molecular flexibility index (Phi) is 4.55. The van der Waals surface area contributed by atoms with Crippen LogP contribution in [0.3, 0.4) is 0 Å². The fourth-order valence-corrected chi connectivity index (χ4v) is 3.13. The molecule has 0 saturated carbocycles. The van der Waals surface area contributed by atoms with Gasteiger partial charge >= 0.3 is 0 Å². The summed E-state index contributed by atoms with van der Waals surface area (Å²) in [5, 5.41) is 5.76. The number of nitrogens with one attached hydrogen (secondary N) is 2. The topological polar surface area (TPSA) is 75.3 Å². The van der Waals surface area contributed by atoms with Crippen molar-refractivity contribution in [3.63, 3.8) is 0 Å². The van der Waals surface area contributed by atoms with Crippen molar-refractivity contribution in [2.24, 2.45) is 5.92 Å². The van der Waals surface area contributed by atoms with Gasteiger partial charge in [0.25, 0.3) is 0 Å². The van der Waals surface area contributed by atoms with Crippen molar-refractivity contribution >= 4 is 15.7 Å². The number of rotatable bonds is 6. The van der Waals surface area contributed by atoms with Gasteiger partial charge in [0.1, 0.15) is 5.75 Å². The van der Waals surface area contributed by atoms with Gasteiger partial charge in [-0.15, -0.1) is 0 Å². The second kappa shape index (κ2) is 5.35. The average molecular weight is 262 g/mol. The van der Waals surface area contributed by atoms with E-state index < -0.39 is 21.5 Å². The van der Waals surface area contributed by atoms with Crippen molar-refractivity contribution in [3.8, 4) is 0 Å². The molecule has 0 aromatic carbocycles. The molecule has 0 aliphatic carbocycles. The molecule has 100 valence electrons. The van der Waals surface area contributed by atoms with E-state index in [0.29, 0.717) is 0 Å². The standard InChI is InChI=1S/C11H22N2O3S/c1-4-11(2,3)13-10(14)8-17(15,16)7-9-5-12-6-9/h9,12H,4-8H2,1-3H3,(H,13,14). The normalized spacial score (nSPS) is 17.6. The van der Waals surface area contributed by atoms with Crippen LogP contribution in [0.15, 0.2) is 0 Å². The Morgan fingerprint density at radius 2 is 2.00 bits per heavy atom. The highest BCUT2D eigenvalue weighted by atomic mass is 32.2. The van der Waals surface area contributed by atoms with Crippen molar-refractivity contribution in [1.29, 1.82) is 0 Å². The minimum absolute atomic E-state index is 0.111. The first-order chi connectivity index (χ1) is 7.74. The molecule has 0 bridgehead atoms. The second-order valence-electron chi connectivity index (χ2n) is 5.36. The summed E-state index contributed by atoms with van der Waals surface area (Å²) in [6.07, 6.45) is 0.769. The van der Waals surface area contributed by atoms with Crippen LogP contribution in [0.5, 0.6) is 0 Å². The number of hydrogen-bond acceptors (Lipinski definition) is 4. The second-order valence-corrected chi connectivity index (χ2v) is 7.47. The lowest BCUT2D eigenvalue weighted by Gasteiger charge is -2.27. The fourth-order valence-electron chi connectivity index (χ4n) is 1.59. The smallest absolute Gasteiger partial charge is 0.235 e. The van der Waals surface area contributed by atoms with Crippen LogP contribution >= 0.6 is 0 Å². The van der Waals surface area contributed by atoms with Gasteiger partial charge in [-0.25, -0.2) is 8.42 Å². The molecule has 1 fully saturated rings. The van der Waals surface area contributed by atoms with Gasteiger partial charge in [-0.1, -0.05) is 6.92 Å². The van der Waals surface area contributed by atoms with Crippen molar-refractivity contribution in [2.75, 3.05) is 24.6 Å². The monoisotopic (exact) mass is 262 g/mol. The Balaban J connectivity index is 2.44. The highest BCUT2D eigenvalue weighted by Gasteiger charge is 2.27. The molecule has 1 heterocycles. The summed E-state index contributed by atoms with van der Waals surface area (Å²) in [6.45, 7) is 7.19. The molecule has 2 N–H and O–H groups in total. The number of hydrogen-bond donors (Lipinski definition) is 2. The molecule has 6 heteroatoms. The highest BCUT2D eigenvalue weighted by Crippen LogP contribution is 2.09. The van der Waals surface area contributed by atoms with E-state index >= 15 is 0 Å². The van der Waals surface area contributed by atoms with Gasteiger partial charge in [0.2, 0.25) is 5.91 Å². The molecule has 0 unspecified atom stereocenters. The maximum atomic E-state index is 11.7. The number of sulfone groups is 1. The molecule has 0 aromatic heterocycles. The van der Waals surface area contributed by atoms with E-state index in [1.807, 2.05) is 20.8 Å². The van der Waals surface area contributed by atoms with Crippen LogP contribution in [0.1, 0.15) is 27.2 Å². The summed E-state index contributed by atoms with van der Waals surface area (Å²) < 4.78 is 23.5. The van der Waals surface area contributed by atoms with E-state index in [1.54, 1.807) is 0 Å². The SMILES string of the molecule is CCC(C)(C)NC(=O)CS(=O)(=O)CC1CNC1. The number of carbonyl (C=O) groups excluding carboxylic acids is 1. The van der Waals surface area contributed by atoms with E-state index in [0.717, 1.165) is 19.5 Å². The van der Waals surface area contributed by atoms with Crippen LogP contribution in [-0.2, 0) is 14.6 Å². The summed E-state index contributed by atoms with van der Waals surface area (Å²) in [7, 11) is -3.27. The zero-order valence-corrected chi connectivity index (χ0v) is 11.6. The Hall–Kier alpha value is -0.620. The summed E-state index contributed by atoms with van der Waals surface area (Å²) in [6, 6.07) is 0. The van der Waals surface area contributed by atoms with Gasteiger partial charge in [-0.3, -0.25) is 4.79 Å². The zero-order chi connectivity index (χ0) is 13.1.